The van der Waals surface area contributed by atoms with Gasteiger partial charge in [-0.05, 0) is 36.6 Å². The van der Waals surface area contributed by atoms with E-state index in [0.29, 0.717) is 23.1 Å². The first-order valence-corrected chi connectivity index (χ1v) is 9.09. The van der Waals surface area contributed by atoms with Crippen molar-refractivity contribution in [2.24, 2.45) is 5.92 Å². The Bertz CT molecular complexity index is 794. The van der Waals surface area contributed by atoms with Gasteiger partial charge in [0.2, 0.25) is 5.91 Å². The number of carbonyl (C=O) groups excluding carboxylic acids is 1. The first kappa shape index (κ1) is 18.8. The van der Waals surface area contributed by atoms with Crippen LogP contribution in [0.25, 0.3) is 0 Å². The zero-order valence-electron chi connectivity index (χ0n) is 15.4. The largest absolute Gasteiger partial charge is 0.480 e. The molecule has 1 unspecified atom stereocenters. The van der Waals surface area contributed by atoms with Crippen molar-refractivity contribution in [3.8, 4) is 11.5 Å². The van der Waals surface area contributed by atoms with Crippen LogP contribution in [-0.4, -0.2) is 48.1 Å². The average Bonchev–Trinajstić information content (AvgIpc) is 3.08. The molecule has 0 aliphatic carbocycles. The zero-order valence-corrected chi connectivity index (χ0v) is 15.4. The number of likely N-dealkylation sites (tertiary alicyclic amines) is 1. The van der Waals surface area contributed by atoms with Gasteiger partial charge in [-0.2, -0.15) is 0 Å². The molecule has 0 bridgehead atoms. The number of hydrogen-bond acceptors (Lipinski definition) is 4. The Kier molecular flexibility index (Phi) is 5.96. The molecule has 1 aliphatic heterocycles. The lowest BCUT2D eigenvalue weighted by Crippen LogP contribution is -2.41. The Hall–Kier alpha value is -3.02. The second kappa shape index (κ2) is 8.58. The third kappa shape index (κ3) is 5.23. The molecule has 1 fully saturated rings. The molecule has 1 aliphatic rings. The molecule has 0 saturated carbocycles. The molecule has 1 atom stereocenters. The summed E-state index contributed by atoms with van der Waals surface area (Å²) >= 11 is 0. The van der Waals surface area contributed by atoms with Crippen LogP contribution >= 0.6 is 0 Å². The van der Waals surface area contributed by atoms with Gasteiger partial charge in [0.05, 0.1) is 6.54 Å². The van der Waals surface area contributed by atoms with Crippen LogP contribution in [0, 0.1) is 5.92 Å². The molecule has 2 aromatic carbocycles. The van der Waals surface area contributed by atoms with Crippen LogP contribution < -0.4 is 9.64 Å². The highest BCUT2D eigenvalue weighted by molar-refractivity contribution is 5.84. The maximum Gasteiger partial charge on any atom is 0.323 e. The fraction of sp³-hybridized carbons (Fsp3) is 0.333. The normalized spacial score (nSPS) is 16.2. The average molecular weight is 368 g/mol. The molecule has 0 aromatic heterocycles. The topological polar surface area (TPSA) is 70.1 Å². The van der Waals surface area contributed by atoms with Gasteiger partial charge in [0.15, 0.2) is 0 Å². The molecule has 1 heterocycles. The van der Waals surface area contributed by atoms with Crippen LogP contribution in [0.2, 0.25) is 0 Å². The fourth-order valence-corrected chi connectivity index (χ4v) is 3.19. The van der Waals surface area contributed by atoms with Crippen LogP contribution in [0.1, 0.15) is 13.3 Å². The van der Waals surface area contributed by atoms with E-state index in [0.717, 1.165) is 19.5 Å². The molecular weight excluding hydrogens is 344 g/mol. The summed E-state index contributed by atoms with van der Waals surface area (Å²) in [4.78, 5) is 27.3. The SMILES string of the molecule is CC1CCN(C(=O)CN(CC(=O)O)c2cccc(Oc3ccccc3)c2)C1. The summed E-state index contributed by atoms with van der Waals surface area (Å²) in [6.07, 6.45) is 0.991. The lowest BCUT2D eigenvalue weighted by atomic mass is 10.2. The first-order chi connectivity index (χ1) is 13.0. The number of hydrogen-bond donors (Lipinski definition) is 1. The molecule has 1 N–H and O–H groups in total. The Morgan fingerprint density at radius 1 is 1.11 bits per heavy atom. The maximum atomic E-state index is 12.6. The summed E-state index contributed by atoms with van der Waals surface area (Å²) in [5, 5.41) is 9.27. The van der Waals surface area contributed by atoms with Crippen molar-refractivity contribution in [2.75, 3.05) is 31.1 Å². The molecule has 3 rings (SSSR count). The van der Waals surface area contributed by atoms with Gasteiger partial charge in [-0.25, -0.2) is 0 Å². The lowest BCUT2D eigenvalue weighted by molar-refractivity contribution is -0.135. The minimum absolute atomic E-state index is 0.0355. The number of carbonyl (C=O) groups is 2. The van der Waals surface area contributed by atoms with Crippen molar-refractivity contribution in [1.29, 1.82) is 0 Å². The lowest BCUT2D eigenvalue weighted by Gasteiger charge is -2.25. The Morgan fingerprint density at radius 2 is 1.85 bits per heavy atom. The van der Waals surface area contributed by atoms with Crippen LogP contribution in [-0.2, 0) is 9.59 Å². The first-order valence-electron chi connectivity index (χ1n) is 9.09. The van der Waals surface area contributed by atoms with Crippen LogP contribution in [0.4, 0.5) is 5.69 Å². The number of carboxylic acids is 1. The molecular formula is C21H24N2O4. The van der Waals surface area contributed by atoms with Crippen LogP contribution in [0.5, 0.6) is 11.5 Å². The highest BCUT2D eigenvalue weighted by Gasteiger charge is 2.25. The Labute approximate surface area is 159 Å². The van der Waals surface area contributed by atoms with Gasteiger partial charge in [-0.1, -0.05) is 31.2 Å². The maximum absolute atomic E-state index is 12.6. The van der Waals surface area contributed by atoms with Gasteiger partial charge < -0.3 is 19.6 Å². The molecule has 6 nitrogen and oxygen atoms in total. The summed E-state index contributed by atoms with van der Waals surface area (Å²) in [6, 6.07) is 16.5. The molecule has 0 radical (unpaired) electrons. The van der Waals surface area contributed by atoms with Crippen molar-refractivity contribution in [3.05, 3.63) is 54.6 Å². The number of nitrogens with zero attached hydrogens (tertiary/aromatic N) is 2. The predicted octanol–water partition coefficient (Wildman–Crippen LogP) is 3.24. The van der Waals surface area contributed by atoms with Crippen molar-refractivity contribution < 1.29 is 19.4 Å². The number of rotatable bonds is 7. The smallest absolute Gasteiger partial charge is 0.323 e. The number of para-hydroxylation sites is 1. The minimum Gasteiger partial charge on any atom is -0.480 e. The number of aliphatic carboxylic acids is 1. The van der Waals surface area contributed by atoms with E-state index in [1.807, 2.05) is 35.2 Å². The van der Waals surface area contributed by atoms with Gasteiger partial charge in [-0.15, -0.1) is 0 Å². The van der Waals surface area contributed by atoms with E-state index in [4.69, 9.17) is 4.74 Å². The van der Waals surface area contributed by atoms with Gasteiger partial charge in [0.25, 0.3) is 0 Å². The molecule has 1 saturated heterocycles. The molecule has 0 spiro atoms. The number of ether oxygens (including phenoxy) is 1. The molecule has 2 aromatic rings. The van der Waals surface area contributed by atoms with E-state index in [2.05, 4.69) is 6.92 Å². The van der Waals surface area contributed by atoms with Gasteiger partial charge in [0.1, 0.15) is 18.0 Å². The van der Waals surface area contributed by atoms with E-state index in [-0.39, 0.29) is 19.0 Å². The van der Waals surface area contributed by atoms with Crippen LogP contribution in [0.15, 0.2) is 54.6 Å². The van der Waals surface area contributed by atoms with Crippen molar-refractivity contribution in [2.45, 2.75) is 13.3 Å². The third-order valence-corrected chi connectivity index (χ3v) is 4.59. The third-order valence-electron chi connectivity index (χ3n) is 4.59. The highest BCUT2D eigenvalue weighted by atomic mass is 16.5. The predicted molar refractivity (Wildman–Crippen MR) is 103 cm³/mol. The summed E-state index contributed by atoms with van der Waals surface area (Å²) in [7, 11) is 0. The number of amides is 1. The van der Waals surface area contributed by atoms with E-state index >= 15 is 0 Å². The van der Waals surface area contributed by atoms with Crippen molar-refractivity contribution in [3.63, 3.8) is 0 Å². The summed E-state index contributed by atoms with van der Waals surface area (Å²) in [5.74, 6) is 0.754. The van der Waals surface area contributed by atoms with E-state index in [1.54, 1.807) is 29.2 Å². The number of benzene rings is 2. The highest BCUT2D eigenvalue weighted by Crippen LogP contribution is 2.26. The molecule has 142 valence electrons. The standard InChI is InChI=1S/C21H24N2O4/c1-16-10-11-22(13-16)20(24)14-23(15-21(25)26)17-6-5-9-19(12-17)27-18-7-3-2-4-8-18/h2-9,12,16H,10-11,13-15H2,1H3,(H,25,26). The summed E-state index contributed by atoms with van der Waals surface area (Å²) < 4.78 is 5.82. The van der Waals surface area contributed by atoms with Crippen LogP contribution in [0.3, 0.4) is 0 Å². The van der Waals surface area contributed by atoms with E-state index in [9.17, 15) is 14.7 Å². The molecule has 27 heavy (non-hydrogen) atoms. The Morgan fingerprint density at radius 3 is 2.52 bits per heavy atom. The Balaban J connectivity index is 1.75. The quantitative estimate of drug-likeness (QED) is 0.812. The second-order valence-corrected chi connectivity index (χ2v) is 6.90. The van der Waals surface area contributed by atoms with E-state index < -0.39 is 5.97 Å². The zero-order chi connectivity index (χ0) is 19.2. The van der Waals surface area contributed by atoms with Gasteiger partial charge >= 0.3 is 5.97 Å². The van der Waals surface area contributed by atoms with Crippen molar-refractivity contribution in [1.82, 2.24) is 4.90 Å². The molecule has 6 heteroatoms. The molecule has 1 amide bonds. The minimum atomic E-state index is -0.980. The van der Waals surface area contributed by atoms with Gasteiger partial charge in [-0.3, -0.25) is 9.59 Å². The van der Waals surface area contributed by atoms with Gasteiger partial charge in [0, 0.05) is 24.8 Å². The fourth-order valence-electron chi connectivity index (χ4n) is 3.19. The van der Waals surface area contributed by atoms with Crippen molar-refractivity contribution >= 4 is 17.6 Å². The summed E-state index contributed by atoms with van der Waals surface area (Å²) in [5.41, 5.74) is 0.645. The number of carboxylic acid groups (broad SMARTS) is 1. The number of anilines is 1. The summed E-state index contributed by atoms with van der Waals surface area (Å²) in [6.45, 7) is 3.37. The monoisotopic (exact) mass is 368 g/mol. The van der Waals surface area contributed by atoms with E-state index in [1.165, 1.54) is 0 Å². The second-order valence-electron chi connectivity index (χ2n) is 6.90.